The molecule has 2 N–H and O–H groups in total. The number of allylic oxidation sites excluding steroid dienone is 3. The molecule has 2 amide bonds. The van der Waals surface area contributed by atoms with Gasteiger partial charge in [-0.05, 0) is 44.1 Å². The standard InChI is InChI=1S/C19H20F2N2O3/c1-2-26-16-8-7-14(11-15(16)21)23-18(25)19(9-10-19)17(24)22-13-5-3-12(20)4-6-13/h3,5-8,11-12H,2,4,9-10H2,1H3,(H,22,24)(H,23,25). The number of halogens is 2. The molecular weight excluding hydrogens is 342 g/mol. The van der Waals surface area contributed by atoms with Crippen LogP contribution in [0.25, 0.3) is 0 Å². The number of carbonyl (C=O) groups excluding carboxylic acids is 2. The van der Waals surface area contributed by atoms with Crippen LogP contribution in [0.4, 0.5) is 14.5 Å². The fourth-order valence-electron chi connectivity index (χ4n) is 2.72. The number of rotatable bonds is 6. The third kappa shape index (κ3) is 3.76. The second-order valence-electron chi connectivity index (χ2n) is 6.34. The van der Waals surface area contributed by atoms with Gasteiger partial charge in [-0.3, -0.25) is 9.59 Å². The van der Waals surface area contributed by atoms with Crippen LogP contribution in [0.2, 0.25) is 0 Å². The highest BCUT2D eigenvalue weighted by molar-refractivity contribution is 6.13. The molecule has 138 valence electrons. The van der Waals surface area contributed by atoms with Gasteiger partial charge in [0.05, 0.1) is 6.61 Å². The lowest BCUT2D eigenvalue weighted by atomic mass is 10.0. The van der Waals surface area contributed by atoms with Crippen LogP contribution in [0, 0.1) is 11.2 Å². The first kappa shape index (κ1) is 18.1. The van der Waals surface area contributed by atoms with E-state index in [4.69, 9.17) is 4.74 Å². The highest BCUT2D eigenvalue weighted by Gasteiger charge is 2.56. The molecule has 1 atom stereocenters. The Balaban J connectivity index is 1.64. The van der Waals surface area contributed by atoms with Gasteiger partial charge in [-0.15, -0.1) is 0 Å². The largest absolute Gasteiger partial charge is 0.491 e. The van der Waals surface area contributed by atoms with Gasteiger partial charge in [0.2, 0.25) is 11.8 Å². The topological polar surface area (TPSA) is 67.4 Å². The fourth-order valence-corrected chi connectivity index (χ4v) is 2.72. The number of carbonyl (C=O) groups is 2. The van der Waals surface area contributed by atoms with Gasteiger partial charge in [0, 0.05) is 23.9 Å². The number of hydrogen-bond acceptors (Lipinski definition) is 3. The van der Waals surface area contributed by atoms with Crippen LogP contribution >= 0.6 is 0 Å². The third-order valence-corrected chi connectivity index (χ3v) is 4.41. The molecule has 0 aliphatic heterocycles. The van der Waals surface area contributed by atoms with Crippen LogP contribution in [0.3, 0.4) is 0 Å². The summed E-state index contributed by atoms with van der Waals surface area (Å²) < 4.78 is 32.1. The summed E-state index contributed by atoms with van der Waals surface area (Å²) >= 11 is 0. The van der Waals surface area contributed by atoms with Crippen molar-refractivity contribution in [3.05, 3.63) is 47.9 Å². The van der Waals surface area contributed by atoms with Crippen molar-refractivity contribution in [2.45, 2.75) is 32.4 Å². The molecule has 0 aromatic heterocycles. The predicted molar refractivity (Wildman–Crippen MR) is 92.7 cm³/mol. The molecule has 1 saturated carbocycles. The number of alkyl halides is 1. The van der Waals surface area contributed by atoms with Gasteiger partial charge < -0.3 is 15.4 Å². The molecule has 0 radical (unpaired) electrons. The summed E-state index contributed by atoms with van der Waals surface area (Å²) in [4.78, 5) is 25.0. The van der Waals surface area contributed by atoms with Crippen molar-refractivity contribution in [3.63, 3.8) is 0 Å². The number of nitrogens with one attached hydrogen (secondary N) is 2. The summed E-state index contributed by atoms with van der Waals surface area (Å²) in [5, 5.41) is 5.25. The molecule has 1 unspecified atom stereocenters. The molecule has 0 heterocycles. The van der Waals surface area contributed by atoms with Crippen LogP contribution in [0.5, 0.6) is 5.75 Å². The molecule has 0 spiro atoms. The average Bonchev–Trinajstić information content (AvgIpc) is 3.41. The van der Waals surface area contributed by atoms with E-state index in [9.17, 15) is 18.4 Å². The predicted octanol–water partition coefficient (Wildman–Crippen LogP) is 3.24. The smallest absolute Gasteiger partial charge is 0.240 e. The normalized spacial score (nSPS) is 20.1. The first-order chi connectivity index (χ1) is 12.4. The summed E-state index contributed by atoms with van der Waals surface area (Å²) in [6.45, 7) is 2.08. The molecule has 5 nitrogen and oxygen atoms in total. The van der Waals surface area contributed by atoms with Crippen LogP contribution in [-0.4, -0.2) is 24.6 Å². The Labute approximate surface area is 150 Å². The molecule has 1 aromatic carbocycles. The van der Waals surface area contributed by atoms with Crippen molar-refractivity contribution in [1.29, 1.82) is 0 Å². The highest BCUT2D eigenvalue weighted by Crippen LogP contribution is 2.47. The third-order valence-electron chi connectivity index (χ3n) is 4.41. The zero-order chi connectivity index (χ0) is 18.7. The minimum Gasteiger partial charge on any atom is -0.491 e. The fraction of sp³-hybridized carbons (Fsp3) is 0.368. The molecule has 2 aliphatic rings. The van der Waals surface area contributed by atoms with Gasteiger partial charge >= 0.3 is 0 Å². The summed E-state index contributed by atoms with van der Waals surface area (Å²) in [6, 6.07) is 4.11. The summed E-state index contributed by atoms with van der Waals surface area (Å²) in [6.07, 6.45) is 4.39. The monoisotopic (exact) mass is 362 g/mol. The lowest BCUT2D eigenvalue weighted by Gasteiger charge is -2.17. The van der Waals surface area contributed by atoms with Gasteiger partial charge in [0.1, 0.15) is 11.6 Å². The van der Waals surface area contributed by atoms with E-state index in [0.29, 0.717) is 25.1 Å². The molecule has 1 fully saturated rings. The minimum absolute atomic E-state index is 0.103. The van der Waals surface area contributed by atoms with Crippen LogP contribution in [-0.2, 0) is 9.59 Å². The van der Waals surface area contributed by atoms with E-state index < -0.39 is 29.2 Å². The Kier molecular flexibility index (Phi) is 5.06. The first-order valence-electron chi connectivity index (χ1n) is 8.52. The SMILES string of the molecule is CCOc1ccc(NC(=O)C2(C(=O)NC3=CCC(F)C=C3)CC2)cc1F. The molecule has 1 aromatic rings. The van der Waals surface area contributed by atoms with Crippen molar-refractivity contribution in [2.75, 3.05) is 11.9 Å². The Morgan fingerprint density at radius 1 is 1.27 bits per heavy atom. The molecule has 2 aliphatic carbocycles. The van der Waals surface area contributed by atoms with E-state index in [1.54, 1.807) is 13.0 Å². The van der Waals surface area contributed by atoms with Crippen LogP contribution < -0.4 is 15.4 Å². The summed E-state index contributed by atoms with van der Waals surface area (Å²) in [5.74, 6) is -1.40. The van der Waals surface area contributed by atoms with Crippen molar-refractivity contribution >= 4 is 17.5 Å². The van der Waals surface area contributed by atoms with E-state index in [-0.39, 0.29) is 17.9 Å². The molecule has 3 rings (SSSR count). The lowest BCUT2D eigenvalue weighted by molar-refractivity contribution is -0.133. The summed E-state index contributed by atoms with van der Waals surface area (Å²) in [7, 11) is 0. The maximum absolute atomic E-state index is 13.9. The van der Waals surface area contributed by atoms with Crippen molar-refractivity contribution < 1.29 is 23.1 Å². The Hall–Kier alpha value is -2.70. The van der Waals surface area contributed by atoms with E-state index in [1.165, 1.54) is 24.3 Å². The van der Waals surface area contributed by atoms with Gasteiger partial charge in [-0.2, -0.15) is 0 Å². The van der Waals surface area contributed by atoms with E-state index >= 15 is 0 Å². The van der Waals surface area contributed by atoms with Gasteiger partial charge in [0.15, 0.2) is 11.6 Å². The van der Waals surface area contributed by atoms with Crippen molar-refractivity contribution in [3.8, 4) is 5.75 Å². The number of hydrogen-bond donors (Lipinski definition) is 2. The molecule has 0 saturated heterocycles. The molecule has 0 bridgehead atoms. The first-order valence-corrected chi connectivity index (χ1v) is 8.52. The van der Waals surface area contributed by atoms with Crippen LogP contribution in [0.1, 0.15) is 26.2 Å². The molecule has 26 heavy (non-hydrogen) atoms. The van der Waals surface area contributed by atoms with E-state index in [2.05, 4.69) is 10.6 Å². The second-order valence-corrected chi connectivity index (χ2v) is 6.34. The van der Waals surface area contributed by atoms with Crippen molar-refractivity contribution in [1.82, 2.24) is 5.32 Å². The van der Waals surface area contributed by atoms with Gasteiger partial charge in [-0.25, -0.2) is 8.78 Å². The number of ether oxygens (including phenoxy) is 1. The average molecular weight is 362 g/mol. The highest BCUT2D eigenvalue weighted by atomic mass is 19.1. The zero-order valence-electron chi connectivity index (χ0n) is 14.4. The molecule has 7 heteroatoms. The lowest BCUT2D eigenvalue weighted by Crippen LogP contribution is -2.39. The second kappa shape index (κ2) is 7.27. The number of anilines is 1. The minimum atomic E-state index is -1.17. The van der Waals surface area contributed by atoms with E-state index in [0.717, 1.165) is 6.07 Å². The van der Waals surface area contributed by atoms with Gasteiger partial charge in [-0.1, -0.05) is 6.08 Å². The quantitative estimate of drug-likeness (QED) is 0.764. The van der Waals surface area contributed by atoms with Crippen LogP contribution in [0.15, 0.2) is 42.1 Å². The van der Waals surface area contributed by atoms with E-state index in [1.807, 2.05) is 0 Å². The number of amides is 2. The molecular formula is C19H20F2N2O3. The number of benzene rings is 1. The maximum atomic E-state index is 13.9. The van der Waals surface area contributed by atoms with Crippen molar-refractivity contribution in [2.24, 2.45) is 5.41 Å². The zero-order valence-corrected chi connectivity index (χ0v) is 14.4. The maximum Gasteiger partial charge on any atom is 0.240 e. The summed E-state index contributed by atoms with van der Waals surface area (Å²) in [5.41, 5.74) is -0.432. The van der Waals surface area contributed by atoms with Gasteiger partial charge in [0.25, 0.3) is 0 Å². The Morgan fingerprint density at radius 3 is 2.58 bits per heavy atom. The Morgan fingerprint density at radius 2 is 2.00 bits per heavy atom. The Bertz CT molecular complexity index is 785.